The van der Waals surface area contributed by atoms with E-state index in [-0.39, 0.29) is 11.6 Å². The summed E-state index contributed by atoms with van der Waals surface area (Å²) in [5.41, 5.74) is 5.88. The topological polar surface area (TPSA) is 82.5 Å². The number of aryl methyl sites for hydroxylation is 1. The summed E-state index contributed by atoms with van der Waals surface area (Å²) in [5, 5.41) is 3.29. The number of anilines is 3. The number of halogens is 2. The summed E-state index contributed by atoms with van der Waals surface area (Å²) in [5.74, 6) is 0.323. The number of fused-ring (bicyclic) bond motifs is 2. The number of piperidine rings is 1. The van der Waals surface area contributed by atoms with Crippen molar-refractivity contribution >= 4 is 50.2 Å². The number of alkyl halides is 1. The number of nitrogens with zero attached hydrogens (tertiary/aromatic N) is 7. The van der Waals surface area contributed by atoms with E-state index in [2.05, 4.69) is 54.1 Å². The molecule has 2 aromatic carbocycles. The van der Waals surface area contributed by atoms with Crippen LogP contribution in [0.5, 0.6) is 5.75 Å². The van der Waals surface area contributed by atoms with Crippen LogP contribution in [0.2, 0.25) is 0 Å². The molecule has 1 N–H and O–H groups in total. The number of nitrogens with one attached hydrogen (secondary N) is 1. The number of allylic oxidation sites excluding steroid dienone is 1. The molecule has 0 spiro atoms. The van der Waals surface area contributed by atoms with Crippen molar-refractivity contribution in [1.82, 2.24) is 29.7 Å². The Morgan fingerprint density at radius 3 is 2.51 bits per heavy atom. The number of rotatable bonds is 6. The van der Waals surface area contributed by atoms with Crippen molar-refractivity contribution in [3.63, 3.8) is 0 Å². The molecule has 2 fully saturated rings. The lowest BCUT2D eigenvalue weighted by atomic mass is 9.91. The molecule has 4 aromatic rings. The van der Waals surface area contributed by atoms with Gasteiger partial charge in [-0.3, -0.25) is 14.9 Å². The Hall–Kier alpha value is -3.67. The number of benzene rings is 2. The molecule has 0 bridgehead atoms. The first kappa shape index (κ1) is 30.0. The fraction of sp³-hybridized carbons (Fsp3) is 0.412. The van der Waals surface area contributed by atoms with Gasteiger partial charge in [-0.1, -0.05) is 34.1 Å². The first-order chi connectivity index (χ1) is 21.8. The van der Waals surface area contributed by atoms with Crippen molar-refractivity contribution in [3.8, 4) is 5.75 Å². The van der Waals surface area contributed by atoms with Gasteiger partial charge in [-0.2, -0.15) is 0 Å². The maximum atomic E-state index is 16.2. The lowest BCUT2D eigenvalue weighted by Gasteiger charge is -2.43. The highest BCUT2D eigenvalue weighted by atomic mass is 79.9. The van der Waals surface area contributed by atoms with Gasteiger partial charge in [0.1, 0.15) is 10.1 Å². The van der Waals surface area contributed by atoms with E-state index in [1.807, 2.05) is 43.3 Å². The summed E-state index contributed by atoms with van der Waals surface area (Å²) >= 11 is 3.94. The van der Waals surface area contributed by atoms with Gasteiger partial charge in [0.25, 0.3) is 0 Å². The summed E-state index contributed by atoms with van der Waals surface area (Å²) in [6.07, 6.45) is 10.2. The zero-order valence-corrected chi connectivity index (χ0v) is 27.5. The molecule has 1 unspecified atom stereocenters. The van der Waals surface area contributed by atoms with Crippen LogP contribution >= 0.6 is 15.9 Å². The Labute approximate surface area is 271 Å². The van der Waals surface area contributed by atoms with Crippen LogP contribution in [0, 0.1) is 12.7 Å². The number of hydrogen-bond acceptors (Lipinski definition) is 9. The van der Waals surface area contributed by atoms with Crippen LogP contribution in [0.15, 0.2) is 48.8 Å². The average molecular weight is 674 g/mol. The molecule has 45 heavy (non-hydrogen) atoms. The predicted octanol–water partition coefficient (Wildman–Crippen LogP) is 5.89. The summed E-state index contributed by atoms with van der Waals surface area (Å²) in [6, 6.07) is 10.3. The van der Waals surface area contributed by atoms with E-state index < -0.39 is 4.32 Å². The molecule has 1 atom stereocenters. The molecule has 3 aliphatic rings. The number of para-hydroxylation sites is 2. The van der Waals surface area contributed by atoms with E-state index in [0.717, 1.165) is 80.1 Å². The maximum absolute atomic E-state index is 16.2. The Morgan fingerprint density at radius 2 is 1.76 bits per heavy atom. The van der Waals surface area contributed by atoms with Crippen LogP contribution < -0.4 is 15.0 Å². The van der Waals surface area contributed by atoms with E-state index in [9.17, 15) is 0 Å². The molecule has 4 heterocycles. The normalized spacial score (nSPS) is 21.2. The van der Waals surface area contributed by atoms with Crippen LogP contribution in [0.25, 0.3) is 17.1 Å². The van der Waals surface area contributed by atoms with Crippen LogP contribution in [0.1, 0.15) is 41.9 Å². The lowest BCUT2D eigenvalue weighted by Crippen LogP contribution is -2.52. The van der Waals surface area contributed by atoms with Gasteiger partial charge in [-0.25, -0.2) is 14.4 Å². The molecule has 2 aromatic heterocycles. The number of ether oxygens (including phenoxy) is 1. The predicted molar refractivity (Wildman–Crippen MR) is 180 cm³/mol. The minimum atomic E-state index is -0.667. The van der Waals surface area contributed by atoms with Gasteiger partial charge in [-0.05, 0) is 63.1 Å². The molecule has 1 aliphatic carbocycles. The second-order valence-corrected chi connectivity index (χ2v) is 13.6. The summed E-state index contributed by atoms with van der Waals surface area (Å²) < 4.78 is 21.1. The van der Waals surface area contributed by atoms with E-state index in [0.29, 0.717) is 35.3 Å². The second kappa shape index (κ2) is 12.3. The molecule has 7 rings (SSSR count). The van der Waals surface area contributed by atoms with Gasteiger partial charge in [0.05, 0.1) is 59.0 Å². The molecule has 0 amide bonds. The molecule has 9 nitrogen and oxygen atoms in total. The van der Waals surface area contributed by atoms with Gasteiger partial charge in [0, 0.05) is 45.3 Å². The highest BCUT2D eigenvalue weighted by Gasteiger charge is 2.38. The number of hydrogen-bond donors (Lipinski definition) is 1. The fourth-order valence-electron chi connectivity index (χ4n) is 6.90. The number of methoxy groups -OCH3 is 1. The Morgan fingerprint density at radius 1 is 1.00 bits per heavy atom. The monoisotopic (exact) mass is 672 g/mol. The van der Waals surface area contributed by atoms with E-state index in [1.54, 1.807) is 12.4 Å². The third-order valence-corrected chi connectivity index (χ3v) is 10.5. The molecule has 0 saturated carbocycles. The van der Waals surface area contributed by atoms with E-state index in [4.69, 9.17) is 19.7 Å². The highest BCUT2D eigenvalue weighted by Crippen LogP contribution is 2.45. The van der Waals surface area contributed by atoms with Crippen molar-refractivity contribution in [2.24, 2.45) is 0 Å². The number of likely N-dealkylation sites (N-methyl/N-ethyl adjacent to an activating group) is 1. The molecule has 2 aliphatic heterocycles. The molecule has 0 radical (unpaired) electrons. The standard InChI is InChI=1S/C34H38BrFN8O/c1-22-19-27(32(45-3)30(36)31(22)44-13-10-23(11-14-44)43-17-15-42(2)16-18-43)41-29-21-38-33-26(40-29)9-6-12-34(33,35)28-20-37-24-7-4-5-8-25(24)39-28/h4-9,19-21,23H,10-18H2,1-3H3,(H,40,41). The Kier molecular flexibility index (Phi) is 8.18. The smallest absolute Gasteiger partial charge is 0.190 e. The quantitative estimate of drug-likeness (QED) is 0.252. The van der Waals surface area contributed by atoms with Crippen molar-refractivity contribution < 1.29 is 9.13 Å². The van der Waals surface area contributed by atoms with Crippen molar-refractivity contribution in [2.75, 3.05) is 63.6 Å². The average Bonchev–Trinajstić information content (AvgIpc) is 3.05. The first-order valence-electron chi connectivity index (χ1n) is 15.6. The Bertz CT molecular complexity index is 1750. The van der Waals surface area contributed by atoms with Crippen LogP contribution in [-0.2, 0) is 4.32 Å². The molecule has 234 valence electrons. The third-order valence-electron chi connectivity index (χ3n) is 9.39. The van der Waals surface area contributed by atoms with Gasteiger partial charge in [-0.15, -0.1) is 0 Å². The van der Waals surface area contributed by atoms with Crippen molar-refractivity contribution in [1.29, 1.82) is 0 Å². The summed E-state index contributed by atoms with van der Waals surface area (Å²) in [7, 11) is 3.69. The molecule has 2 saturated heterocycles. The SMILES string of the molecule is COc1c(Nc2cnc3c(n2)C=CCC3(Br)c2cnc3ccccc3n2)cc(C)c(N2CCC(N3CCN(C)CC3)CC2)c1F. The second-order valence-electron chi connectivity index (χ2n) is 12.3. The maximum Gasteiger partial charge on any atom is 0.190 e. The largest absolute Gasteiger partial charge is 0.492 e. The van der Waals surface area contributed by atoms with Gasteiger partial charge < -0.3 is 19.9 Å². The fourth-order valence-corrected chi connectivity index (χ4v) is 7.58. The van der Waals surface area contributed by atoms with Gasteiger partial charge in [0.15, 0.2) is 11.6 Å². The zero-order valence-electron chi connectivity index (χ0n) is 25.9. The number of piperazine rings is 1. The molecular weight excluding hydrogens is 635 g/mol. The first-order valence-corrected chi connectivity index (χ1v) is 16.4. The molecular formula is C34H38BrFN8O. The van der Waals surface area contributed by atoms with Crippen LogP contribution in [0.4, 0.5) is 21.6 Å². The number of aromatic nitrogens is 4. The molecule has 11 heteroatoms. The van der Waals surface area contributed by atoms with E-state index in [1.165, 1.54) is 7.11 Å². The lowest BCUT2D eigenvalue weighted by molar-refractivity contribution is 0.0981. The van der Waals surface area contributed by atoms with Gasteiger partial charge in [0.2, 0.25) is 0 Å². The zero-order chi connectivity index (χ0) is 31.1. The van der Waals surface area contributed by atoms with Crippen LogP contribution in [0.3, 0.4) is 0 Å². The highest BCUT2D eigenvalue weighted by molar-refractivity contribution is 9.09. The van der Waals surface area contributed by atoms with Crippen molar-refractivity contribution in [3.05, 3.63) is 77.3 Å². The van der Waals surface area contributed by atoms with Crippen LogP contribution in [-0.4, -0.2) is 89.2 Å². The van der Waals surface area contributed by atoms with Gasteiger partial charge >= 0.3 is 0 Å². The minimum Gasteiger partial charge on any atom is -0.492 e. The Balaban J connectivity index is 1.11. The summed E-state index contributed by atoms with van der Waals surface area (Å²) in [6.45, 7) is 8.05. The van der Waals surface area contributed by atoms with E-state index >= 15 is 4.39 Å². The van der Waals surface area contributed by atoms with Crippen molar-refractivity contribution in [2.45, 2.75) is 36.6 Å². The minimum absolute atomic E-state index is 0.174. The summed E-state index contributed by atoms with van der Waals surface area (Å²) in [4.78, 5) is 26.4. The third kappa shape index (κ3) is 5.66.